The topological polar surface area (TPSA) is 12.0 Å². The van der Waals surface area contributed by atoms with Crippen molar-refractivity contribution in [3.63, 3.8) is 0 Å². The molecule has 0 aromatic carbocycles. The molecule has 1 aromatic heterocycles. The SMILES string of the molecule is CNC1CCC(Cc2ccc(Cl)s2)C1C. The van der Waals surface area contributed by atoms with Gasteiger partial charge in [-0.15, -0.1) is 11.3 Å². The zero-order valence-electron chi connectivity index (χ0n) is 9.29. The van der Waals surface area contributed by atoms with Gasteiger partial charge in [-0.2, -0.15) is 0 Å². The summed E-state index contributed by atoms with van der Waals surface area (Å²) in [6, 6.07) is 4.90. The van der Waals surface area contributed by atoms with Crippen LogP contribution in [0.4, 0.5) is 0 Å². The van der Waals surface area contributed by atoms with E-state index in [0.717, 1.165) is 16.2 Å². The van der Waals surface area contributed by atoms with Gasteiger partial charge in [-0.25, -0.2) is 0 Å². The molecule has 1 saturated carbocycles. The van der Waals surface area contributed by atoms with Crippen LogP contribution in [0.25, 0.3) is 0 Å². The van der Waals surface area contributed by atoms with E-state index in [9.17, 15) is 0 Å². The maximum atomic E-state index is 5.94. The summed E-state index contributed by atoms with van der Waals surface area (Å²) in [5, 5.41) is 3.41. The molecule has 0 aliphatic heterocycles. The molecule has 1 aromatic rings. The zero-order chi connectivity index (χ0) is 10.8. The van der Waals surface area contributed by atoms with Gasteiger partial charge < -0.3 is 5.32 Å². The molecule has 15 heavy (non-hydrogen) atoms. The van der Waals surface area contributed by atoms with Gasteiger partial charge in [0.25, 0.3) is 0 Å². The molecule has 0 saturated heterocycles. The Bertz CT molecular complexity index is 323. The van der Waals surface area contributed by atoms with Crippen LogP contribution in [0.5, 0.6) is 0 Å². The number of nitrogens with one attached hydrogen (secondary N) is 1. The van der Waals surface area contributed by atoms with E-state index in [0.29, 0.717) is 6.04 Å². The molecule has 1 aliphatic carbocycles. The summed E-state index contributed by atoms with van der Waals surface area (Å²) in [7, 11) is 2.07. The van der Waals surface area contributed by atoms with E-state index >= 15 is 0 Å². The summed E-state index contributed by atoms with van der Waals surface area (Å²) in [5.41, 5.74) is 0. The molecular formula is C12H18ClNS. The van der Waals surface area contributed by atoms with Crippen molar-refractivity contribution >= 4 is 22.9 Å². The first-order chi connectivity index (χ1) is 7.20. The number of thiophene rings is 1. The van der Waals surface area contributed by atoms with Gasteiger partial charge in [0.05, 0.1) is 4.34 Å². The predicted molar refractivity (Wildman–Crippen MR) is 67.8 cm³/mol. The average Bonchev–Trinajstić information content (AvgIpc) is 2.76. The minimum Gasteiger partial charge on any atom is -0.317 e. The van der Waals surface area contributed by atoms with E-state index in [2.05, 4.69) is 25.4 Å². The Balaban J connectivity index is 1.96. The summed E-state index contributed by atoms with van der Waals surface area (Å²) < 4.78 is 0.917. The molecule has 3 atom stereocenters. The van der Waals surface area contributed by atoms with Crippen molar-refractivity contribution in [1.29, 1.82) is 0 Å². The fraction of sp³-hybridized carbons (Fsp3) is 0.667. The first kappa shape index (κ1) is 11.4. The van der Waals surface area contributed by atoms with Crippen molar-refractivity contribution in [3.8, 4) is 0 Å². The monoisotopic (exact) mass is 243 g/mol. The third-order valence-corrected chi connectivity index (χ3v) is 4.94. The van der Waals surface area contributed by atoms with Gasteiger partial charge in [-0.3, -0.25) is 0 Å². The third-order valence-electron chi connectivity index (χ3n) is 3.69. The Hall–Kier alpha value is -0.0500. The average molecular weight is 244 g/mol. The van der Waals surface area contributed by atoms with Crippen molar-refractivity contribution in [3.05, 3.63) is 21.3 Å². The largest absolute Gasteiger partial charge is 0.317 e. The summed E-state index contributed by atoms with van der Waals surface area (Å²) in [6.45, 7) is 2.37. The number of hydrogen-bond donors (Lipinski definition) is 1. The highest BCUT2D eigenvalue weighted by atomic mass is 35.5. The van der Waals surface area contributed by atoms with Crippen LogP contribution in [0, 0.1) is 11.8 Å². The van der Waals surface area contributed by atoms with Gasteiger partial charge in [-0.1, -0.05) is 18.5 Å². The highest BCUT2D eigenvalue weighted by Gasteiger charge is 2.31. The molecule has 1 aliphatic rings. The molecule has 84 valence electrons. The molecule has 0 amide bonds. The molecule has 0 radical (unpaired) electrons. The molecule has 3 heteroatoms. The zero-order valence-corrected chi connectivity index (χ0v) is 10.9. The summed E-state index contributed by atoms with van der Waals surface area (Å²) >= 11 is 7.67. The van der Waals surface area contributed by atoms with Crippen LogP contribution in [0.3, 0.4) is 0 Å². The molecule has 2 rings (SSSR count). The Labute approximate surface area is 101 Å². The first-order valence-electron chi connectivity index (χ1n) is 5.62. The number of rotatable bonds is 3. The van der Waals surface area contributed by atoms with Gasteiger partial charge >= 0.3 is 0 Å². The second-order valence-corrected chi connectivity index (χ2v) is 6.30. The van der Waals surface area contributed by atoms with Crippen LogP contribution < -0.4 is 5.32 Å². The molecule has 0 spiro atoms. The third kappa shape index (κ3) is 2.55. The van der Waals surface area contributed by atoms with Crippen LogP contribution in [0.1, 0.15) is 24.6 Å². The van der Waals surface area contributed by atoms with Crippen LogP contribution in [0.2, 0.25) is 4.34 Å². The molecule has 1 N–H and O–H groups in total. The van der Waals surface area contributed by atoms with Gasteiger partial charge in [0.15, 0.2) is 0 Å². The molecule has 1 fully saturated rings. The lowest BCUT2D eigenvalue weighted by molar-refractivity contribution is 0.365. The molecular weight excluding hydrogens is 226 g/mol. The van der Waals surface area contributed by atoms with E-state index in [1.54, 1.807) is 11.3 Å². The van der Waals surface area contributed by atoms with Crippen molar-refractivity contribution in [2.75, 3.05) is 7.05 Å². The van der Waals surface area contributed by atoms with E-state index in [1.165, 1.54) is 24.1 Å². The molecule has 1 heterocycles. The first-order valence-corrected chi connectivity index (χ1v) is 6.81. The smallest absolute Gasteiger partial charge is 0.0931 e. The van der Waals surface area contributed by atoms with Gasteiger partial charge in [0.2, 0.25) is 0 Å². The Morgan fingerprint density at radius 3 is 2.80 bits per heavy atom. The van der Waals surface area contributed by atoms with Gasteiger partial charge in [0, 0.05) is 10.9 Å². The highest BCUT2D eigenvalue weighted by molar-refractivity contribution is 7.16. The van der Waals surface area contributed by atoms with E-state index in [-0.39, 0.29) is 0 Å². The Kier molecular flexibility index (Phi) is 3.70. The lowest BCUT2D eigenvalue weighted by Gasteiger charge is -2.19. The standard InChI is InChI=1S/C12H18ClNS/c1-8-9(3-5-11(8)14-2)7-10-4-6-12(13)15-10/h4,6,8-9,11,14H,3,5,7H2,1-2H3. The maximum Gasteiger partial charge on any atom is 0.0931 e. The fourth-order valence-corrected chi connectivity index (χ4v) is 3.84. The second-order valence-electron chi connectivity index (χ2n) is 4.50. The molecule has 1 nitrogen and oxygen atoms in total. The highest BCUT2D eigenvalue weighted by Crippen LogP contribution is 2.35. The van der Waals surface area contributed by atoms with Gasteiger partial charge in [-0.05, 0) is 50.3 Å². The lowest BCUT2D eigenvalue weighted by Crippen LogP contribution is -2.29. The van der Waals surface area contributed by atoms with E-state index < -0.39 is 0 Å². The summed E-state index contributed by atoms with van der Waals surface area (Å²) in [6.07, 6.45) is 3.88. The maximum absolute atomic E-state index is 5.94. The number of hydrogen-bond acceptors (Lipinski definition) is 2. The summed E-state index contributed by atoms with van der Waals surface area (Å²) in [5.74, 6) is 1.62. The van der Waals surface area contributed by atoms with Crippen molar-refractivity contribution in [1.82, 2.24) is 5.32 Å². The fourth-order valence-electron chi connectivity index (χ4n) is 2.66. The van der Waals surface area contributed by atoms with Gasteiger partial charge in [0.1, 0.15) is 0 Å². The van der Waals surface area contributed by atoms with E-state index in [4.69, 9.17) is 11.6 Å². The van der Waals surface area contributed by atoms with Crippen molar-refractivity contribution in [2.45, 2.75) is 32.2 Å². The van der Waals surface area contributed by atoms with Crippen molar-refractivity contribution in [2.24, 2.45) is 11.8 Å². The Morgan fingerprint density at radius 1 is 1.47 bits per heavy atom. The number of halogens is 1. The molecule has 3 unspecified atom stereocenters. The molecule has 0 bridgehead atoms. The van der Waals surface area contributed by atoms with Crippen LogP contribution in [-0.4, -0.2) is 13.1 Å². The Morgan fingerprint density at radius 2 is 2.27 bits per heavy atom. The lowest BCUT2D eigenvalue weighted by atomic mass is 9.92. The predicted octanol–water partition coefficient (Wildman–Crippen LogP) is 3.58. The van der Waals surface area contributed by atoms with Crippen molar-refractivity contribution < 1.29 is 0 Å². The van der Waals surface area contributed by atoms with Crippen LogP contribution in [0.15, 0.2) is 12.1 Å². The second kappa shape index (κ2) is 4.86. The normalized spacial score (nSPS) is 31.0. The van der Waals surface area contributed by atoms with E-state index in [1.807, 2.05) is 6.07 Å². The quantitative estimate of drug-likeness (QED) is 0.856. The minimum atomic E-state index is 0.713. The summed E-state index contributed by atoms with van der Waals surface area (Å²) in [4.78, 5) is 1.44. The van der Waals surface area contributed by atoms with Crippen LogP contribution in [-0.2, 0) is 6.42 Å². The minimum absolute atomic E-state index is 0.713. The van der Waals surface area contributed by atoms with Crippen LogP contribution >= 0.6 is 22.9 Å².